The van der Waals surface area contributed by atoms with Gasteiger partial charge in [0.15, 0.2) is 0 Å². The van der Waals surface area contributed by atoms with Gasteiger partial charge in [0.1, 0.15) is 5.75 Å². The Balaban J connectivity index is 1.96. The molecule has 1 aliphatic rings. The monoisotopic (exact) mass is 493 g/mol. The summed E-state index contributed by atoms with van der Waals surface area (Å²) >= 11 is 0. The molecule has 1 heterocycles. The van der Waals surface area contributed by atoms with E-state index in [1.54, 1.807) is 30.5 Å². The average Bonchev–Trinajstić information content (AvgIpc) is 2.78. The second kappa shape index (κ2) is 11.5. The summed E-state index contributed by atoms with van der Waals surface area (Å²) in [5.74, 6) is 1.06. The quantitative estimate of drug-likeness (QED) is 0.515. The largest absolute Gasteiger partial charge is 0.492 e. The molecule has 0 bridgehead atoms. The summed E-state index contributed by atoms with van der Waals surface area (Å²) in [5.41, 5.74) is 2.20. The molecular weight excluding hydrogens is 458 g/mol. The molecule has 1 saturated heterocycles. The fourth-order valence-electron chi connectivity index (χ4n) is 4.01. The first-order chi connectivity index (χ1) is 15.7. The lowest BCUT2D eigenvalue weighted by atomic mass is 10.0. The van der Waals surface area contributed by atoms with Crippen molar-refractivity contribution in [2.24, 2.45) is 11.8 Å². The van der Waals surface area contributed by atoms with Crippen LogP contribution >= 0.6 is 0 Å². The molecule has 8 heteroatoms. The van der Waals surface area contributed by atoms with Crippen molar-refractivity contribution < 1.29 is 22.1 Å². The first-order valence-electron chi connectivity index (χ1n) is 11.5. The van der Waals surface area contributed by atoms with Gasteiger partial charge in [-0.2, -0.15) is 0 Å². The van der Waals surface area contributed by atoms with Crippen LogP contribution < -0.4 is 9.46 Å². The molecule has 2 aromatic rings. The number of ether oxygens (including phenoxy) is 2. The highest BCUT2D eigenvalue weighted by molar-refractivity contribution is 7.92. The van der Waals surface area contributed by atoms with Gasteiger partial charge in [-0.15, -0.1) is 0 Å². The van der Waals surface area contributed by atoms with E-state index in [-0.39, 0.29) is 10.8 Å². The van der Waals surface area contributed by atoms with Crippen LogP contribution in [0.5, 0.6) is 5.75 Å². The summed E-state index contributed by atoms with van der Waals surface area (Å²) in [6.07, 6.45) is 4.79. The van der Waals surface area contributed by atoms with Gasteiger partial charge in [0.25, 0.3) is 10.0 Å². The summed E-state index contributed by atoms with van der Waals surface area (Å²) in [4.78, 5) is 0.624. The third kappa shape index (κ3) is 6.80. The van der Waals surface area contributed by atoms with E-state index < -0.39 is 20.8 Å². The molecule has 182 valence electrons. The van der Waals surface area contributed by atoms with Crippen LogP contribution in [0.2, 0.25) is 0 Å². The van der Waals surface area contributed by atoms with E-state index in [2.05, 4.69) is 11.6 Å². The molecule has 0 amide bonds. The molecule has 6 nitrogen and oxygen atoms in total. The van der Waals surface area contributed by atoms with Crippen molar-refractivity contribution in [3.63, 3.8) is 0 Å². The van der Waals surface area contributed by atoms with Gasteiger partial charge >= 0.3 is 0 Å². The second-order valence-corrected chi connectivity index (χ2v) is 11.9. The molecule has 1 N–H and O–H groups in total. The van der Waals surface area contributed by atoms with Crippen molar-refractivity contribution in [2.75, 3.05) is 30.8 Å². The van der Waals surface area contributed by atoms with E-state index >= 15 is 0 Å². The number of benzene rings is 2. The highest BCUT2D eigenvalue weighted by Crippen LogP contribution is 2.34. The first kappa shape index (κ1) is 25.7. The molecule has 0 radical (unpaired) electrons. The third-order valence-corrected chi connectivity index (χ3v) is 8.29. The van der Waals surface area contributed by atoms with Gasteiger partial charge in [0, 0.05) is 25.2 Å². The van der Waals surface area contributed by atoms with Crippen molar-refractivity contribution in [3.05, 3.63) is 47.5 Å². The number of aryl methyl sites for hydroxylation is 1. The van der Waals surface area contributed by atoms with Crippen LogP contribution in [-0.4, -0.2) is 38.7 Å². The standard InChI is InChI=1S/C25H35NO5S2/c1-5-19-6-8-21(9-7-19)26-33(28,29)24-11-10-23(31-17-20-12-14-30-15-13-20)25(32(4)27)22(24)16-18(2)3/h6-11,18,20,26H,5,12-17H2,1-4H3. The van der Waals surface area contributed by atoms with Crippen LogP contribution in [0.1, 0.15) is 44.7 Å². The number of rotatable bonds is 10. The molecule has 3 rings (SSSR count). The summed E-state index contributed by atoms with van der Waals surface area (Å²) in [6.45, 7) is 8.04. The van der Waals surface area contributed by atoms with Gasteiger partial charge < -0.3 is 9.47 Å². The number of hydrogen-bond acceptors (Lipinski definition) is 5. The maximum absolute atomic E-state index is 13.4. The molecule has 1 fully saturated rings. The van der Waals surface area contributed by atoms with Gasteiger partial charge in [0.2, 0.25) is 0 Å². The van der Waals surface area contributed by atoms with E-state index in [1.165, 1.54) is 0 Å². The molecule has 1 atom stereocenters. The van der Waals surface area contributed by atoms with Gasteiger partial charge in [-0.3, -0.25) is 8.93 Å². The van der Waals surface area contributed by atoms with Gasteiger partial charge in [-0.25, -0.2) is 8.42 Å². The summed E-state index contributed by atoms with van der Waals surface area (Å²) < 4.78 is 53.8. The summed E-state index contributed by atoms with van der Waals surface area (Å²) in [7, 11) is -5.29. The predicted molar refractivity (Wildman–Crippen MR) is 133 cm³/mol. The van der Waals surface area contributed by atoms with Crippen LogP contribution in [0.25, 0.3) is 0 Å². The maximum atomic E-state index is 13.4. The molecule has 33 heavy (non-hydrogen) atoms. The number of sulfonamides is 1. The molecule has 1 unspecified atom stereocenters. The van der Waals surface area contributed by atoms with Gasteiger partial charge in [0.05, 0.1) is 27.2 Å². The van der Waals surface area contributed by atoms with Crippen molar-refractivity contribution >= 4 is 26.5 Å². The molecule has 0 aromatic heterocycles. The SMILES string of the molecule is CCc1ccc(NS(=O)(=O)c2ccc(OCC3CCOCC3)c(S(C)=O)c2CC(C)C)cc1. The van der Waals surface area contributed by atoms with E-state index in [0.29, 0.717) is 40.8 Å². The lowest BCUT2D eigenvalue weighted by Gasteiger charge is -2.24. The van der Waals surface area contributed by atoms with Crippen molar-refractivity contribution in [1.29, 1.82) is 0 Å². The van der Waals surface area contributed by atoms with E-state index in [0.717, 1.165) is 38.0 Å². The Labute approximate surface area is 200 Å². The van der Waals surface area contributed by atoms with Crippen LogP contribution in [0, 0.1) is 11.8 Å². The second-order valence-electron chi connectivity index (χ2n) is 8.94. The van der Waals surface area contributed by atoms with E-state index in [1.807, 2.05) is 26.0 Å². The Morgan fingerprint density at radius 3 is 2.36 bits per heavy atom. The molecule has 2 aromatic carbocycles. The molecule has 0 aliphatic carbocycles. The Hall–Kier alpha value is -1.90. The number of nitrogens with one attached hydrogen (secondary N) is 1. The fraction of sp³-hybridized carbons (Fsp3) is 0.520. The third-order valence-electron chi connectivity index (χ3n) is 5.80. The van der Waals surface area contributed by atoms with E-state index in [4.69, 9.17) is 9.47 Å². The van der Waals surface area contributed by atoms with Gasteiger partial charge in [-0.05, 0) is 72.9 Å². The van der Waals surface area contributed by atoms with Crippen molar-refractivity contribution in [1.82, 2.24) is 0 Å². The highest BCUT2D eigenvalue weighted by Gasteiger charge is 2.26. The minimum atomic E-state index is -3.87. The van der Waals surface area contributed by atoms with Crippen molar-refractivity contribution in [3.8, 4) is 5.75 Å². The van der Waals surface area contributed by atoms with Crippen LogP contribution in [0.4, 0.5) is 5.69 Å². The molecule has 0 spiro atoms. The first-order valence-corrected chi connectivity index (χ1v) is 14.6. The summed E-state index contributed by atoms with van der Waals surface area (Å²) in [5, 5.41) is 0. The normalized spacial score (nSPS) is 16.0. The van der Waals surface area contributed by atoms with Gasteiger partial charge in [-0.1, -0.05) is 32.9 Å². The Morgan fingerprint density at radius 1 is 1.12 bits per heavy atom. The maximum Gasteiger partial charge on any atom is 0.262 e. The number of hydrogen-bond donors (Lipinski definition) is 1. The van der Waals surface area contributed by atoms with Crippen LogP contribution in [0.3, 0.4) is 0 Å². The van der Waals surface area contributed by atoms with E-state index in [9.17, 15) is 12.6 Å². The average molecular weight is 494 g/mol. The topological polar surface area (TPSA) is 81.7 Å². The van der Waals surface area contributed by atoms with Crippen LogP contribution in [-0.2, 0) is 38.4 Å². The number of anilines is 1. The lowest BCUT2D eigenvalue weighted by Crippen LogP contribution is -2.22. The summed E-state index contributed by atoms with van der Waals surface area (Å²) in [6, 6.07) is 10.6. The lowest BCUT2D eigenvalue weighted by molar-refractivity contribution is 0.0493. The molecular formula is C25H35NO5S2. The highest BCUT2D eigenvalue weighted by atomic mass is 32.2. The predicted octanol–water partition coefficient (Wildman–Crippen LogP) is 4.79. The molecule has 1 aliphatic heterocycles. The fourth-order valence-corrected chi connectivity index (χ4v) is 6.34. The molecule has 0 saturated carbocycles. The Morgan fingerprint density at radius 2 is 1.79 bits per heavy atom. The zero-order valence-electron chi connectivity index (χ0n) is 19.9. The Kier molecular flexibility index (Phi) is 8.95. The zero-order chi connectivity index (χ0) is 24.0. The minimum Gasteiger partial charge on any atom is -0.492 e. The van der Waals surface area contributed by atoms with Crippen LogP contribution in [0.15, 0.2) is 46.2 Å². The van der Waals surface area contributed by atoms with Crippen molar-refractivity contribution in [2.45, 2.75) is 56.2 Å². The Bertz CT molecular complexity index is 1060. The zero-order valence-corrected chi connectivity index (χ0v) is 21.6. The minimum absolute atomic E-state index is 0.152. The smallest absolute Gasteiger partial charge is 0.262 e.